The van der Waals surface area contributed by atoms with Crippen molar-refractivity contribution in [2.24, 2.45) is 4.99 Å². The number of nitrogens with zero attached hydrogens (tertiary/aromatic N) is 4. The molecule has 0 bridgehead atoms. The Labute approximate surface area is 140 Å². The lowest BCUT2D eigenvalue weighted by atomic mass is 10.2. The second kappa shape index (κ2) is 7.01. The molecule has 122 valence electrons. The summed E-state index contributed by atoms with van der Waals surface area (Å²) in [5.74, 6) is 2.73. The minimum atomic E-state index is 0.508. The lowest BCUT2D eigenvalue weighted by molar-refractivity contribution is 0.282. The average molecular weight is 332 g/mol. The number of guanidine groups is 1. The number of aliphatic imine (C=N–C) groups is 1. The van der Waals surface area contributed by atoms with Gasteiger partial charge in [0.25, 0.3) is 0 Å². The molecule has 1 aromatic carbocycles. The number of methoxy groups -OCH3 is 1. The van der Waals surface area contributed by atoms with E-state index in [0.29, 0.717) is 18.6 Å². The number of hydrogen-bond acceptors (Lipinski definition) is 8. The Kier molecular flexibility index (Phi) is 4.82. The van der Waals surface area contributed by atoms with Gasteiger partial charge in [0.15, 0.2) is 0 Å². The van der Waals surface area contributed by atoms with Crippen LogP contribution >= 0.6 is 12.6 Å². The Bertz CT molecular complexity index is 735. The molecular weight excluding hydrogens is 312 g/mol. The van der Waals surface area contributed by atoms with Gasteiger partial charge in [0.2, 0.25) is 11.9 Å². The van der Waals surface area contributed by atoms with Gasteiger partial charge in [-0.05, 0) is 13.0 Å². The predicted octanol–water partition coefficient (Wildman–Crippen LogP) is 1.46. The van der Waals surface area contributed by atoms with Crippen molar-refractivity contribution in [2.45, 2.75) is 6.92 Å². The highest BCUT2D eigenvalue weighted by Gasteiger charge is 2.14. The molecule has 0 unspecified atom stereocenters. The largest absolute Gasteiger partial charge is 0.494 e. The smallest absolute Gasteiger partial charge is 0.230 e. The molecule has 3 rings (SSSR count). The van der Waals surface area contributed by atoms with Gasteiger partial charge >= 0.3 is 0 Å². The third kappa shape index (κ3) is 3.48. The molecule has 0 aliphatic carbocycles. The first-order valence-electron chi connectivity index (χ1n) is 7.41. The fourth-order valence-electron chi connectivity index (χ4n) is 2.44. The van der Waals surface area contributed by atoms with Crippen molar-refractivity contribution >= 4 is 35.4 Å². The summed E-state index contributed by atoms with van der Waals surface area (Å²) in [6.07, 6.45) is 0. The second-order valence-corrected chi connectivity index (χ2v) is 5.66. The first kappa shape index (κ1) is 15.8. The number of aryl methyl sites for hydroxylation is 1. The van der Waals surface area contributed by atoms with Crippen LogP contribution < -0.4 is 15.4 Å². The van der Waals surface area contributed by atoms with Crippen molar-refractivity contribution in [3.63, 3.8) is 0 Å². The number of aromatic nitrogens is 2. The summed E-state index contributed by atoms with van der Waals surface area (Å²) in [5.41, 5.74) is 1.68. The van der Waals surface area contributed by atoms with Gasteiger partial charge in [-0.15, -0.1) is 0 Å². The quantitative estimate of drug-likeness (QED) is 0.736. The molecule has 0 radical (unpaired) electrons. The molecule has 0 saturated heterocycles. The standard InChI is InChI=1S/C15H20N6OS/c1-10-11-4-3-5-12(22-2)13(11)19-15(18-10)20-14-16-8-21(6-7-23)9-17-14/h3-5,23H,6-9H2,1-2H3,(H2,16,17,18,19,20). The number of anilines is 1. The zero-order valence-electron chi connectivity index (χ0n) is 13.2. The van der Waals surface area contributed by atoms with E-state index < -0.39 is 0 Å². The lowest BCUT2D eigenvalue weighted by Crippen LogP contribution is -2.46. The predicted molar refractivity (Wildman–Crippen MR) is 95.3 cm³/mol. The van der Waals surface area contributed by atoms with E-state index in [1.807, 2.05) is 25.1 Å². The minimum Gasteiger partial charge on any atom is -0.494 e. The molecule has 1 aromatic heterocycles. The van der Waals surface area contributed by atoms with Crippen LogP contribution in [-0.4, -0.2) is 53.6 Å². The van der Waals surface area contributed by atoms with Crippen molar-refractivity contribution in [1.82, 2.24) is 20.2 Å². The summed E-state index contributed by atoms with van der Waals surface area (Å²) in [4.78, 5) is 15.7. The third-order valence-corrected chi connectivity index (χ3v) is 3.85. The van der Waals surface area contributed by atoms with Crippen molar-refractivity contribution in [2.75, 3.05) is 38.1 Å². The molecule has 1 aliphatic heterocycles. The van der Waals surface area contributed by atoms with E-state index in [4.69, 9.17) is 4.74 Å². The summed E-state index contributed by atoms with van der Waals surface area (Å²) in [7, 11) is 1.64. The SMILES string of the molecule is COc1cccc2c(C)nc(NC3=NCN(CCS)CN3)nc12. The Morgan fingerprint density at radius 1 is 1.39 bits per heavy atom. The van der Waals surface area contributed by atoms with Crippen LogP contribution in [0, 0.1) is 6.92 Å². The molecule has 0 fully saturated rings. The summed E-state index contributed by atoms with van der Waals surface area (Å²) in [5, 5.41) is 7.34. The van der Waals surface area contributed by atoms with Crippen molar-refractivity contribution in [3.05, 3.63) is 23.9 Å². The molecule has 0 amide bonds. The highest BCUT2D eigenvalue weighted by molar-refractivity contribution is 7.80. The number of nitrogens with one attached hydrogen (secondary N) is 2. The fraction of sp³-hybridized carbons (Fsp3) is 0.400. The van der Waals surface area contributed by atoms with E-state index in [-0.39, 0.29) is 0 Å². The summed E-state index contributed by atoms with van der Waals surface area (Å²) in [6, 6.07) is 5.82. The summed E-state index contributed by atoms with van der Waals surface area (Å²) < 4.78 is 5.39. The molecule has 2 heterocycles. The fourth-order valence-corrected chi connectivity index (χ4v) is 2.73. The third-order valence-electron chi connectivity index (χ3n) is 3.65. The molecule has 7 nitrogen and oxygen atoms in total. The van der Waals surface area contributed by atoms with Crippen LogP contribution in [-0.2, 0) is 0 Å². The number of ether oxygens (including phenoxy) is 1. The Morgan fingerprint density at radius 2 is 2.26 bits per heavy atom. The number of rotatable bonds is 4. The monoisotopic (exact) mass is 332 g/mol. The highest BCUT2D eigenvalue weighted by Crippen LogP contribution is 2.26. The molecule has 1 aliphatic rings. The molecular formula is C15H20N6OS. The molecule has 0 atom stereocenters. The van der Waals surface area contributed by atoms with Gasteiger partial charge in [-0.1, -0.05) is 12.1 Å². The minimum absolute atomic E-state index is 0.508. The van der Waals surface area contributed by atoms with Gasteiger partial charge in [0.05, 0.1) is 26.1 Å². The average Bonchev–Trinajstić information content (AvgIpc) is 2.56. The second-order valence-electron chi connectivity index (χ2n) is 5.22. The number of benzene rings is 1. The molecule has 2 N–H and O–H groups in total. The molecule has 8 heteroatoms. The molecule has 0 spiro atoms. The van der Waals surface area contributed by atoms with Crippen LogP contribution in [0.2, 0.25) is 0 Å². The Balaban J connectivity index is 1.84. The van der Waals surface area contributed by atoms with Gasteiger partial charge < -0.3 is 10.1 Å². The van der Waals surface area contributed by atoms with Gasteiger partial charge in [-0.3, -0.25) is 10.2 Å². The van der Waals surface area contributed by atoms with Crippen molar-refractivity contribution in [1.29, 1.82) is 0 Å². The van der Waals surface area contributed by atoms with Gasteiger partial charge in [0.1, 0.15) is 11.3 Å². The van der Waals surface area contributed by atoms with E-state index in [1.165, 1.54) is 0 Å². The Hall–Kier alpha value is -2.06. The van der Waals surface area contributed by atoms with E-state index in [1.54, 1.807) is 7.11 Å². The van der Waals surface area contributed by atoms with Crippen LogP contribution in [0.5, 0.6) is 5.75 Å². The van der Waals surface area contributed by atoms with E-state index >= 15 is 0 Å². The Morgan fingerprint density at radius 3 is 2.96 bits per heavy atom. The van der Waals surface area contributed by atoms with Crippen LogP contribution in [0.15, 0.2) is 23.2 Å². The maximum atomic E-state index is 5.39. The number of para-hydroxylation sites is 1. The first-order valence-corrected chi connectivity index (χ1v) is 8.04. The zero-order valence-corrected chi connectivity index (χ0v) is 14.1. The lowest BCUT2D eigenvalue weighted by Gasteiger charge is -2.26. The van der Waals surface area contributed by atoms with Crippen LogP contribution in [0.25, 0.3) is 10.9 Å². The molecule has 2 aromatic rings. The normalized spacial score (nSPS) is 15.2. The number of hydrogen-bond donors (Lipinski definition) is 3. The van der Waals surface area contributed by atoms with E-state index in [0.717, 1.165) is 41.3 Å². The van der Waals surface area contributed by atoms with Gasteiger partial charge in [0, 0.05) is 17.7 Å². The zero-order chi connectivity index (χ0) is 16.2. The topological polar surface area (TPSA) is 74.7 Å². The number of fused-ring (bicyclic) bond motifs is 1. The summed E-state index contributed by atoms with van der Waals surface area (Å²) in [6.45, 7) is 4.21. The van der Waals surface area contributed by atoms with Crippen molar-refractivity contribution in [3.8, 4) is 5.75 Å². The van der Waals surface area contributed by atoms with Crippen molar-refractivity contribution < 1.29 is 4.74 Å². The van der Waals surface area contributed by atoms with Gasteiger partial charge in [-0.2, -0.15) is 12.6 Å². The summed E-state index contributed by atoms with van der Waals surface area (Å²) >= 11 is 4.23. The van der Waals surface area contributed by atoms with Crippen LogP contribution in [0.3, 0.4) is 0 Å². The van der Waals surface area contributed by atoms with E-state index in [2.05, 4.69) is 43.1 Å². The van der Waals surface area contributed by atoms with E-state index in [9.17, 15) is 0 Å². The number of thiol groups is 1. The molecule has 0 saturated carbocycles. The maximum Gasteiger partial charge on any atom is 0.230 e. The van der Waals surface area contributed by atoms with Crippen LogP contribution in [0.4, 0.5) is 5.95 Å². The maximum absolute atomic E-state index is 5.39. The molecule has 23 heavy (non-hydrogen) atoms. The van der Waals surface area contributed by atoms with Crippen LogP contribution in [0.1, 0.15) is 5.69 Å². The first-order chi connectivity index (χ1) is 11.2. The highest BCUT2D eigenvalue weighted by atomic mass is 32.1. The van der Waals surface area contributed by atoms with Gasteiger partial charge in [-0.25, -0.2) is 15.0 Å².